The van der Waals surface area contributed by atoms with Gasteiger partial charge in [-0.2, -0.15) is 0 Å². The number of carbonyl (C=O) groups is 11. The number of piperidine rings is 2. The van der Waals surface area contributed by atoms with Gasteiger partial charge < -0.3 is 74.0 Å². The van der Waals surface area contributed by atoms with Gasteiger partial charge in [0.25, 0.3) is 29.5 Å². The molecule has 31 heteroatoms. The topological polar surface area (TPSA) is 316 Å². The Kier molecular flexibility index (Phi) is 48.1. The Bertz CT molecular complexity index is 6030. The molecule has 0 bridgehead atoms. The number of alkyl carbamates (subject to hydrolysis) is 1. The van der Waals surface area contributed by atoms with E-state index in [-0.39, 0.29) is 71.6 Å². The van der Waals surface area contributed by atoms with Crippen LogP contribution in [0.15, 0.2) is 243 Å². The Balaban J connectivity index is 0.000000229. The van der Waals surface area contributed by atoms with Crippen molar-refractivity contribution in [3.8, 4) is 28.7 Å². The summed E-state index contributed by atoms with van der Waals surface area (Å²) in [6.45, 7) is 40.5. The van der Waals surface area contributed by atoms with E-state index in [1.54, 1.807) is 336 Å². The van der Waals surface area contributed by atoms with Gasteiger partial charge in [0.15, 0.2) is 56.9 Å². The third-order valence-electron chi connectivity index (χ3n) is 24.5. The first kappa shape index (κ1) is 123. The molecule has 0 aliphatic carbocycles. The fourth-order valence-corrected chi connectivity index (χ4v) is 16.9. The average Bonchev–Trinajstić information content (AvgIpc) is 0.811. The van der Waals surface area contributed by atoms with Crippen molar-refractivity contribution >= 4 is 123 Å². The van der Waals surface area contributed by atoms with Crippen molar-refractivity contribution in [1.82, 2.24) is 40.4 Å². The average molecular weight is 2150 g/mol. The first-order valence-corrected chi connectivity index (χ1v) is 52.8. The summed E-state index contributed by atoms with van der Waals surface area (Å²) >= 11 is 29.4. The lowest BCUT2D eigenvalue weighted by Crippen LogP contribution is -2.54. The van der Waals surface area contributed by atoms with Crippen LogP contribution in [0.2, 0.25) is 25.1 Å². The van der Waals surface area contributed by atoms with E-state index >= 15 is 0 Å². The minimum Gasteiger partial charge on any atom is -0.478 e. The van der Waals surface area contributed by atoms with Crippen LogP contribution in [-0.4, -0.2) is 233 Å². The van der Waals surface area contributed by atoms with Crippen molar-refractivity contribution in [2.24, 2.45) is 0 Å². The van der Waals surface area contributed by atoms with Crippen molar-refractivity contribution in [3.63, 3.8) is 0 Å². The Hall–Kier alpha value is -12.5. The van der Waals surface area contributed by atoms with Crippen molar-refractivity contribution in [3.05, 3.63) is 323 Å². The number of aliphatic hydroxyl groups excluding tert-OH is 1. The molecule has 4 N–H and O–H groups in total. The van der Waals surface area contributed by atoms with E-state index in [1.165, 1.54) is 32.4 Å². The van der Waals surface area contributed by atoms with Crippen molar-refractivity contribution in [2.75, 3.05) is 98.7 Å². The number of nitrogens with zero attached hydrogens (tertiary/aromatic N) is 5. The fourth-order valence-electron chi connectivity index (χ4n) is 16.2. The summed E-state index contributed by atoms with van der Waals surface area (Å²) in [5.41, 5.74) is -0.209. The Morgan fingerprint density at radius 1 is 0.333 bits per heavy atom. The second kappa shape index (κ2) is 58.8. The molecule has 2 aliphatic rings. The third kappa shape index (κ3) is 39.4. The van der Waals surface area contributed by atoms with E-state index in [1.807, 2.05) is 32.6 Å². The number of hydrogen-bond donors (Lipinski definition) is 4. The number of halogens is 5. The van der Waals surface area contributed by atoms with Gasteiger partial charge in [0.05, 0.1) is 6.61 Å². The molecule has 26 nitrogen and oxygen atoms in total. The summed E-state index contributed by atoms with van der Waals surface area (Å²) in [4.78, 5) is 148. The van der Waals surface area contributed by atoms with Crippen LogP contribution in [-0.2, 0) is 28.7 Å². The second-order valence-electron chi connectivity index (χ2n) is 39.9. The number of rotatable bonds is 42. The molecule has 0 saturated carbocycles. The van der Waals surface area contributed by atoms with Crippen molar-refractivity contribution in [1.29, 1.82) is 0 Å². The highest BCUT2D eigenvalue weighted by molar-refractivity contribution is 6.32. The van der Waals surface area contributed by atoms with Gasteiger partial charge in [0.1, 0.15) is 34.3 Å². The molecule has 2 fully saturated rings. The Morgan fingerprint density at radius 3 is 0.893 bits per heavy atom. The van der Waals surface area contributed by atoms with Gasteiger partial charge in [-0.1, -0.05) is 92.1 Å². The van der Waals surface area contributed by atoms with Crippen LogP contribution in [0, 0.1) is 0 Å². The molecule has 10 aromatic rings. The van der Waals surface area contributed by atoms with Crippen molar-refractivity contribution in [2.45, 2.75) is 215 Å². The molecule has 0 unspecified atom stereocenters. The first-order chi connectivity index (χ1) is 71.0. The molecule has 12 rings (SSSR count). The molecule has 2 saturated heterocycles. The van der Waals surface area contributed by atoms with Crippen molar-refractivity contribution < 1.29 is 86.3 Å². The Morgan fingerprint density at radius 2 is 0.607 bits per heavy atom. The number of benzene rings is 10. The van der Waals surface area contributed by atoms with Crippen LogP contribution in [0.4, 0.5) is 4.79 Å². The Labute approximate surface area is 909 Å². The zero-order valence-corrected chi connectivity index (χ0v) is 93.2. The number of unbranched alkanes of at least 4 members (excludes halogenated alkanes) is 1. The number of amides is 6. The summed E-state index contributed by atoms with van der Waals surface area (Å²) in [6, 6.07) is 68.3. The monoisotopic (exact) mass is 2150 g/mol. The van der Waals surface area contributed by atoms with Crippen LogP contribution >= 0.6 is 58.0 Å². The maximum atomic E-state index is 13.2. The molecule has 0 aromatic heterocycles. The molecule has 0 spiro atoms. The predicted octanol–water partition coefficient (Wildman–Crippen LogP) is 23.1. The molecule has 10 aromatic carbocycles. The maximum Gasteiger partial charge on any atom is 0.407 e. The van der Waals surface area contributed by atoms with Crippen LogP contribution in [0.25, 0.3) is 0 Å². The lowest BCUT2D eigenvalue weighted by molar-refractivity contribution is -0.147. The number of nitrogens with one attached hydrogen (secondary N) is 3. The molecular formula is C119H145Cl5N8O18. The minimum atomic E-state index is -1.10. The van der Waals surface area contributed by atoms with E-state index in [4.69, 9.17) is 86.4 Å². The van der Waals surface area contributed by atoms with Gasteiger partial charge in [-0.15, -0.1) is 0 Å². The maximum absolute atomic E-state index is 13.2. The summed E-state index contributed by atoms with van der Waals surface area (Å²) in [6.07, 6.45) is 8.62. The lowest BCUT2D eigenvalue weighted by Gasteiger charge is -2.42. The molecule has 150 heavy (non-hydrogen) atoms. The molecule has 0 radical (unpaired) electrons. The number of carbonyl (C=O) groups excluding carboxylic acids is 11. The second-order valence-corrected chi connectivity index (χ2v) is 42.1. The first-order valence-electron chi connectivity index (χ1n) is 50.9. The van der Waals surface area contributed by atoms with Gasteiger partial charge in [0, 0.05) is 153 Å². The standard InChI is InChI=1S/C27H33ClN2O3.C26H33ClN2O5.C23H29ClN2O3.C22H26ClNO4.C21H24ClNO3/c1-27(2,26(32)30-18-14-23(15-19-30)29-16-4-3-5-17-29)33-24-12-8-21(9-13-24)25(31)20-6-10-22(28)11-7-20;1-25(2,3)34-24(32)29-17-7-6-16-28-23(31)26(4,5)33-21-14-10-19(11-15-21)22(30)18-8-12-20(27)13-9-18;1-5-26(6-2)16-15-25-22(28)23(3,4)29-20-13-9-18(10-14-20)21(27)17-7-11-19(24)12-8-17;1-4-13-24(14-15-25)21(27)22(2,3)28-19-11-7-17(8-12-19)20(26)16-5-9-18(23)10-6-16;1-5-14-23(4)20(25)21(2,3)26-18-12-8-16(9-13-18)19(24)15-6-10-17(22)11-7-15/h6-13,23H,3-5,14-19H2,1-2H3;8-15H,6-7,16-17H2,1-5H3,(H,28,31)(H,29,32);7-14H,5-6,15-16H2,1-4H3,(H,25,28);5-12,25H,4,13-15H2,1-3H3;6-13H,5,14H2,1-4H3. The molecule has 6 amide bonds. The number of likely N-dealkylation sites (tertiary alicyclic amines) is 2. The minimum absolute atomic E-state index is 0.0147. The molecular weight excluding hydrogens is 2010 g/mol. The largest absolute Gasteiger partial charge is 0.478 e. The van der Waals surface area contributed by atoms with Crippen LogP contribution in [0.5, 0.6) is 28.7 Å². The highest BCUT2D eigenvalue weighted by Crippen LogP contribution is 2.32. The summed E-state index contributed by atoms with van der Waals surface area (Å²) in [7, 11) is 1.77. The number of hydrogen-bond acceptors (Lipinski definition) is 20. The third-order valence-corrected chi connectivity index (χ3v) is 25.8. The highest BCUT2D eigenvalue weighted by Gasteiger charge is 2.40. The van der Waals surface area contributed by atoms with Gasteiger partial charge in [-0.25, -0.2) is 4.79 Å². The molecule has 2 heterocycles. The van der Waals surface area contributed by atoms with E-state index in [0.717, 1.165) is 58.4 Å². The SMILES string of the molecule is CC(C)(C)OC(=O)NCCCCNC(=O)C(C)(C)Oc1ccc(C(=O)c2ccc(Cl)cc2)cc1.CC(C)(Oc1ccc(C(=O)c2ccc(Cl)cc2)cc1)C(=O)N1CCC(N2CCCCC2)CC1.CCCN(C)C(=O)C(C)(C)Oc1ccc(C(=O)c2ccc(Cl)cc2)cc1.CCCN(CCO)C(=O)C(C)(C)Oc1ccc(C(=O)c2ccc(Cl)cc2)cc1.CCN(CC)CCNC(=O)C(C)(C)Oc1ccc(C(=O)c2ccc(Cl)cc2)cc1. The predicted molar refractivity (Wildman–Crippen MR) is 594 cm³/mol. The van der Waals surface area contributed by atoms with Crippen LogP contribution in [0.3, 0.4) is 0 Å². The van der Waals surface area contributed by atoms with E-state index < -0.39 is 39.7 Å². The van der Waals surface area contributed by atoms with E-state index in [9.17, 15) is 57.8 Å². The quantitative estimate of drug-likeness (QED) is 0.0204. The number of likely N-dealkylation sites (N-methyl/N-ethyl adjacent to an activating group) is 2. The number of ether oxygens (including phenoxy) is 6. The van der Waals surface area contributed by atoms with E-state index in [0.29, 0.717) is 161 Å². The van der Waals surface area contributed by atoms with Gasteiger partial charge in [-0.05, 0) is 410 Å². The zero-order chi connectivity index (χ0) is 110. The summed E-state index contributed by atoms with van der Waals surface area (Å²) in [5.74, 6) is 1.42. The number of aliphatic hydroxyl groups is 1. The van der Waals surface area contributed by atoms with Gasteiger partial charge in [0.2, 0.25) is 0 Å². The smallest absolute Gasteiger partial charge is 0.407 e. The fraction of sp³-hybridized carbons (Fsp3) is 0.403. The van der Waals surface area contributed by atoms with Crippen LogP contribution < -0.4 is 39.6 Å². The van der Waals surface area contributed by atoms with Crippen LogP contribution in [0.1, 0.15) is 255 Å². The highest BCUT2D eigenvalue weighted by atomic mass is 35.5. The van der Waals surface area contributed by atoms with Gasteiger partial charge in [-0.3, -0.25) is 47.9 Å². The molecule has 804 valence electrons. The summed E-state index contributed by atoms with van der Waals surface area (Å²) < 4.78 is 34.8. The van der Waals surface area contributed by atoms with E-state index in [2.05, 4.69) is 39.6 Å². The molecule has 0 atom stereocenters. The number of ketones is 5. The normalized spacial score (nSPS) is 12.8. The zero-order valence-electron chi connectivity index (χ0n) is 89.4. The molecule has 2 aliphatic heterocycles. The summed E-state index contributed by atoms with van der Waals surface area (Å²) in [5, 5.41) is 20.6. The lowest BCUT2D eigenvalue weighted by atomic mass is 9.98. The van der Waals surface area contributed by atoms with Gasteiger partial charge >= 0.3 is 6.09 Å².